The predicted molar refractivity (Wildman–Crippen MR) is 74.3 cm³/mol. The molecule has 2 N–H and O–H groups in total. The van der Waals surface area contributed by atoms with Crippen molar-refractivity contribution >= 4 is 12.0 Å². The highest BCUT2D eigenvalue weighted by Gasteiger charge is 2.28. The first-order chi connectivity index (χ1) is 9.11. The Morgan fingerprint density at radius 1 is 1.45 bits per heavy atom. The molecule has 0 aromatic carbocycles. The van der Waals surface area contributed by atoms with E-state index >= 15 is 0 Å². The largest absolute Gasteiger partial charge is 0.480 e. The number of urea groups is 1. The summed E-state index contributed by atoms with van der Waals surface area (Å²) in [5.74, 6) is -1.03. The van der Waals surface area contributed by atoms with E-state index in [1.807, 2.05) is 20.2 Å². The number of carboxylic acid groups (broad SMARTS) is 1. The molecule has 1 aromatic heterocycles. The first-order valence-electron chi connectivity index (χ1n) is 6.37. The van der Waals surface area contributed by atoms with Crippen LogP contribution in [0.15, 0.2) is 6.20 Å². The second kappa shape index (κ2) is 5.94. The van der Waals surface area contributed by atoms with Gasteiger partial charge >= 0.3 is 12.0 Å². The zero-order valence-electron chi connectivity index (χ0n) is 12.6. The Balaban J connectivity index is 2.72. The highest BCUT2D eigenvalue weighted by Crippen LogP contribution is 2.13. The molecule has 20 heavy (non-hydrogen) atoms. The number of rotatable bonds is 4. The third kappa shape index (κ3) is 4.25. The molecule has 0 saturated heterocycles. The molecule has 0 atom stereocenters. The van der Waals surface area contributed by atoms with Crippen LogP contribution in [-0.4, -0.2) is 43.9 Å². The van der Waals surface area contributed by atoms with Crippen molar-refractivity contribution in [1.29, 1.82) is 0 Å². The van der Waals surface area contributed by atoms with E-state index in [1.165, 1.54) is 4.90 Å². The van der Waals surface area contributed by atoms with E-state index in [0.717, 1.165) is 11.3 Å². The van der Waals surface area contributed by atoms with Crippen LogP contribution in [-0.2, 0) is 18.4 Å². The molecule has 0 aliphatic heterocycles. The van der Waals surface area contributed by atoms with Crippen LogP contribution in [0.2, 0.25) is 0 Å². The number of nitrogens with zero attached hydrogens (tertiary/aromatic N) is 3. The van der Waals surface area contributed by atoms with Gasteiger partial charge in [0.05, 0.1) is 5.69 Å². The van der Waals surface area contributed by atoms with Crippen LogP contribution < -0.4 is 5.32 Å². The molecule has 0 saturated carbocycles. The fourth-order valence-corrected chi connectivity index (χ4v) is 1.84. The predicted octanol–water partition coefficient (Wildman–Crippen LogP) is 1.12. The maximum absolute atomic E-state index is 12.1. The zero-order chi connectivity index (χ0) is 15.5. The van der Waals surface area contributed by atoms with E-state index in [2.05, 4.69) is 10.4 Å². The Kier molecular flexibility index (Phi) is 4.75. The third-order valence-corrected chi connectivity index (χ3v) is 2.89. The third-order valence-electron chi connectivity index (χ3n) is 2.89. The molecule has 2 amide bonds. The fraction of sp³-hybridized carbons (Fsp3) is 0.615. The van der Waals surface area contributed by atoms with Crippen LogP contribution in [0.1, 0.15) is 32.0 Å². The van der Waals surface area contributed by atoms with Crippen molar-refractivity contribution in [1.82, 2.24) is 20.0 Å². The standard InChI is InChI=1S/C13H22N4O3/c1-9-10(7-16(5)15-9)6-14-12(20)17(8-11(18)19)13(2,3)4/h7H,6,8H2,1-5H3,(H,14,20)(H,18,19). The van der Waals surface area contributed by atoms with E-state index in [1.54, 1.807) is 25.5 Å². The average molecular weight is 282 g/mol. The van der Waals surface area contributed by atoms with E-state index in [0.29, 0.717) is 6.54 Å². The van der Waals surface area contributed by atoms with Gasteiger partial charge in [-0.3, -0.25) is 9.48 Å². The minimum Gasteiger partial charge on any atom is -0.480 e. The summed E-state index contributed by atoms with van der Waals surface area (Å²) in [6, 6.07) is -0.400. The summed E-state index contributed by atoms with van der Waals surface area (Å²) in [6.07, 6.45) is 1.83. The summed E-state index contributed by atoms with van der Waals surface area (Å²) in [4.78, 5) is 24.3. The molecule has 1 rings (SSSR count). The van der Waals surface area contributed by atoms with Crippen molar-refractivity contribution in [2.24, 2.45) is 7.05 Å². The Morgan fingerprint density at radius 2 is 2.05 bits per heavy atom. The molecule has 1 heterocycles. The van der Waals surface area contributed by atoms with Crippen LogP contribution in [0, 0.1) is 6.92 Å². The van der Waals surface area contributed by atoms with E-state index in [4.69, 9.17) is 5.11 Å². The lowest BCUT2D eigenvalue weighted by atomic mass is 10.1. The van der Waals surface area contributed by atoms with Crippen molar-refractivity contribution in [2.45, 2.75) is 39.8 Å². The molecule has 0 aliphatic carbocycles. The van der Waals surface area contributed by atoms with Crippen molar-refractivity contribution in [2.75, 3.05) is 6.54 Å². The van der Waals surface area contributed by atoms with Crippen molar-refractivity contribution < 1.29 is 14.7 Å². The van der Waals surface area contributed by atoms with Crippen LogP contribution in [0.4, 0.5) is 4.79 Å². The summed E-state index contributed by atoms with van der Waals surface area (Å²) >= 11 is 0. The van der Waals surface area contributed by atoms with Gasteiger partial charge in [-0.05, 0) is 27.7 Å². The van der Waals surface area contributed by atoms with Crippen LogP contribution >= 0.6 is 0 Å². The maximum atomic E-state index is 12.1. The molecule has 0 unspecified atom stereocenters. The minimum absolute atomic E-state index is 0.324. The average Bonchev–Trinajstić information content (AvgIpc) is 2.60. The Bertz CT molecular complexity index is 502. The molecular formula is C13H22N4O3. The Labute approximate surface area is 118 Å². The van der Waals surface area contributed by atoms with E-state index in [-0.39, 0.29) is 6.54 Å². The van der Waals surface area contributed by atoms with Gasteiger partial charge in [-0.25, -0.2) is 4.79 Å². The van der Waals surface area contributed by atoms with Crippen LogP contribution in [0.3, 0.4) is 0 Å². The summed E-state index contributed by atoms with van der Waals surface area (Å²) in [6.45, 7) is 7.24. The van der Waals surface area contributed by atoms with Crippen molar-refractivity contribution in [3.05, 3.63) is 17.5 Å². The number of nitrogens with one attached hydrogen (secondary N) is 1. The van der Waals surface area contributed by atoms with Crippen LogP contribution in [0.25, 0.3) is 0 Å². The molecule has 0 aliphatic rings. The highest BCUT2D eigenvalue weighted by molar-refractivity contribution is 5.80. The summed E-state index contributed by atoms with van der Waals surface area (Å²) in [5.41, 5.74) is 1.19. The van der Waals surface area contributed by atoms with Crippen LogP contribution in [0.5, 0.6) is 0 Å². The first kappa shape index (κ1) is 16.0. The van der Waals surface area contributed by atoms with E-state index in [9.17, 15) is 9.59 Å². The van der Waals surface area contributed by atoms with Gasteiger partial charge in [0.25, 0.3) is 0 Å². The topological polar surface area (TPSA) is 87.5 Å². The molecule has 0 fully saturated rings. The minimum atomic E-state index is -1.03. The molecule has 0 spiro atoms. The van der Waals surface area contributed by atoms with Gasteiger partial charge < -0.3 is 15.3 Å². The zero-order valence-corrected chi connectivity index (χ0v) is 12.6. The van der Waals surface area contributed by atoms with Crippen molar-refractivity contribution in [3.8, 4) is 0 Å². The second-order valence-corrected chi connectivity index (χ2v) is 5.72. The highest BCUT2D eigenvalue weighted by atomic mass is 16.4. The number of carboxylic acids is 1. The van der Waals surface area contributed by atoms with Gasteiger partial charge in [-0.2, -0.15) is 5.10 Å². The molecule has 0 radical (unpaired) electrons. The lowest BCUT2D eigenvalue weighted by Gasteiger charge is -2.34. The molecular weight excluding hydrogens is 260 g/mol. The Hall–Kier alpha value is -2.05. The number of hydrogen-bond donors (Lipinski definition) is 2. The fourth-order valence-electron chi connectivity index (χ4n) is 1.84. The summed E-state index contributed by atoms with van der Waals surface area (Å²) in [5, 5.41) is 15.8. The maximum Gasteiger partial charge on any atom is 0.323 e. The summed E-state index contributed by atoms with van der Waals surface area (Å²) < 4.78 is 1.68. The smallest absolute Gasteiger partial charge is 0.323 e. The molecule has 112 valence electrons. The van der Waals surface area contributed by atoms with Gasteiger partial charge in [-0.15, -0.1) is 0 Å². The van der Waals surface area contributed by atoms with Gasteiger partial charge in [0.15, 0.2) is 0 Å². The lowest BCUT2D eigenvalue weighted by molar-refractivity contribution is -0.138. The number of amides is 2. The first-order valence-corrected chi connectivity index (χ1v) is 6.37. The molecule has 7 nitrogen and oxygen atoms in total. The number of carbonyl (C=O) groups excluding carboxylic acids is 1. The second-order valence-electron chi connectivity index (χ2n) is 5.72. The molecule has 1 aromatic rings. The van der Waals surface area contributed by atoms with Gasteiger partial charge in [0.2, 0.25) is 0 Å². The normalized spacial score (nSPS) is 11.2. The number of aromatic nitrogens is 2. The monoisotopic (exact) mass is 282 g/mol. The lowest BCUT2D eigenvalue weighted by Crippen LogP contribution is -2.52. The quantitative estimate of drug-likeness (QED) is 0.866. The molecule has 0 bridgehead atoms. The molecule has 7 heteroatoms. The Morgan fingerprint density at radius 3 is 2.45 bits per heavy atom. The number of aryl methyl sites for hydroxylation is 2. The van der Waals surface area contributed by atoms with Gasteiger partial charge in [0.1, 0.15) is 6.54 Å². The summed E-state index contributed by atoms with van der Waals surface area (Å²) in [7, 11) is 1.81. The number of aliphatic carboxylic acids is 1. The van der Waals surface area contributed by atoms with E-state index < -0.39 is 17.5 Å². The number of carbonyl (C=O) groups is 2. The van der Waals surface area contributed by atoms with Crippen molar-refractivity contribution in [3.63, 3.8) is 0 Å². The van der Waals surface area contributed by atoms with Gasteiger partial charge in [0, 0.05) is 30.9 Å². The SMILES string of the molecule is Cc1nn(C)cc1CNC(=O)N(CC(=O)O)C(C)(C)C. The van der Waals surface area contributed by atoms with Gasteiger partial charge in [-0.1, -0.05) is 0 Å². The number of hydrogen-bond acceptors (Lipinski definition) is 3.